The van der Waals surface area contributed by atoms with Crippen LogP contribution in [0.1, 0.15) is 34.7 Å². The van der Waals surface area contributed by atoms with Crippen molar-refractivity contribution in [2.45, 2.75) is 40.4 Å². The largest absolute Gasteiger partial charge is 0.507 e. The van der Waals surface area contributed by atoms with Gasteiger partial charge in [0.1, 0.15) is 5.75 Å². The Hall–Kier alpha value is -2.57. The van der Waals surface area contributed by atoms with Crippen molar-refractivity contribution in [3.63, 3.8) is 0 Å². The minimum atomic E-state index is 0.365. The minimum Gasteiger partial charge on any atom is -0.507 e. The van der Waals surface area contributed by atoms with Gasteiger partial charge in [-0.3, -0.25) is 4.90 Å². The number of benzene rings is 2. The highest BCUT2D eigenvalue weighted by Crippen LogP contribution is 2.23. The third-order valence-electron chi connectivity index (χ3n) is 5.38. The lowest BCUT2D eigenvalue weighted by molar-refractivity contribution is 0.0341. The van der Waals surface area contributed by atoms with E-state index >= 15 is 0 Å². The molecule has 0 aliphatic carbocycles. The second kappa shape index (κ2) is 11.0. The van der Waals surface area contributed by atoms with Crippen molar-refractivity contribution in [2.75, 3.05) is 32.8 Å². The third kappa shape index (κ3) is 6.21. The average Bonchev–Trinajstić information content (AvgIpc) is 2.75. The van der Waals surface area contributed by atoms with E-state index in [9.17, 15) is 5.11 Å². The Labute approximate surface area is 180 Å². The molecule has 0 bridgehead atoms. The second-order valence-electron chi connectivity index (χ2n) is 7.78. The highest BCUT2D eigenvalue weighted by Gasteiger charge is 2.13. The van der Waals surface area contributed by atoms with Crippen molar-refractivity contribution in [2.24, 2.45) is 4.99 Å². The van der Waals surface area contributed by atoms with Crippen LogP contribution in [0.5, 0.6) is 5.75 Å². The van der Waals surface area contributed by atoms with Crippen LogP contribution in [0.4, 0.5) is 0 Å². The molecule has 0 spiro atoms. The zero-order chi connectivity index (χ0) is 21.3. The maximum Gasteiger partial charge on any atom is 0.191 e. The Bertz CT molecular complexity index is 837. The van der Waals surface area contributed by atoms with Gasteiger partial charge in [0, 0.05) is 32.7 Å². The zero-order valence-electron chi connectivity index (χ0n) is 18.4. The zero-order valence-corrected chi connectivity index (χ0v) is 18.4. The summed E-state index contributed by atoms with van der Waals surface area (Å²) in [7, 11) is 0. The summed E-state index contributed by atoms with van der Waals surface area (Å²) in [6, 6.07) is 12.6. The first-order chi connectivity index (χ1) is 14.6. The number of guanidine groups is 1. The number of phenolic OH excluding ortho intramolecular Hbond substituents is 1. The van der Waals surface area contributed by atoms with Gasteiger partial charge in [0.25, 0.3) is 0 Å². The van der Waals surface area contributed by atoms with Gasteiger partial charge in [0.2, 0.25) is 0 Å². The molecular formula is C24H34N4O2. The van der Waals surface area contributed by atoms with Gasteiger partial charge in [0.15, 0.2) is 5.96 Å². The van der Waals surface area contributed by atoms with Gasteiger partial charge in [-0.05, 0) is 48.6 Å². The number of aromatic hydroxyl groups is 1. The summed E-state index contributed by atoms with van der Waals surface area (Å²) in [4.78, 5) is 7.18. The molecule has 1 aliphatic heterocycles. The number of phenols is 1. The summed E-state index contributed by atoms with van der Waals surface area (Å²) in [6.45, 7) is 12.5. The van der Waals surface area contributed by atoms with Crippen molar-refractivity contribution < 1.29 is 9.84 Å². The van der Waals surface area contributed by atoms with Crippen molar-refractivity contribution in [3.05, 3.63) is 64.2 Å². The lowest BCUT2D eigenvalue weighted by Gasteiger charge is -2.27. The fourth-order valence-corrected chi connectivity index (χ4v) is 3.71. The van der Waals surface area contributed by atoms with Crippen molar-refractivity contribution in [3.8, 4) is 5.75 Å². The summed E-state index contributed by atoms with van der Waals surface area (Å²) in [6.07, 6.45) is 0. The predicted octanol–water partition coefficient (Wildman–Crippen LogP) is 3.10. The first-order valence-corrected chi connectivity index (χ1v) is 10.7. The number of hydrogen-bond acceptors (Lipinski definition) is 4. The molecule has 162 valence electrons. The van der Waals surface area contributed by atoms with E-state index in [0.717, 1.165) is 68.6 Å². The molecule has 2 aromatic rings. The van der Waals surface area contributed by atoms with Crippen LogP contribution in [0.15, 0.2) is 41.4 Å². The Morgan fingerprint density at radius 2 is 1.73 bits per heavy atom. The summed E-state index contributed by atoms with van der Waals surface area (Å²) in [5, 5.41) is 16.8. The van der Waals surface area contributed by atoms with Gasteiger partial charge in [0.05, 0.1) is 19.8 Å². The number of hydrogen-bond donors (Lipinski definition) is 3. The number of rotatable bonds is 7. The summed E-state index contributed by atoms with van der Waals surface area (Å²) >= 11 is 0. The lowest BCUT2D eigenvalue weighted by atomic mass is 10.1. The lowest BCUT2D eigenvalue weighted by Crippen LogP contribution is -2.38. The fourth-order valence-electron chi connectivity index (χ4n) is 3.71. The van der Waals surface area contributed by atoms with Gasteiger partial charge >= 0.3 is 0 Å². The summed E-state index contributed by atoms with van der Waals surface area (Å²) < 4.78 is 5.47. The molecule has 6 nitrogen and oxygen atoms in total. The number of nitrogens with zero attached hydrogens (tertiary/aromatic N) is 2. The van der Waals surface area contributed by atoms with Crippen LogP contribution in [-0.4, -0.2) is 48.8 Å². The van der Waals surface area contributed by atoms with E-state index in [1.165, 1.54) is 11.1 Å². The molecule has 3 rings (SSSR count). The topological polar surface area (TPSA) is 69.1 Å². The van der Waals surface area contributed by atoms with Crippen LogP contribution >= 0.6 is 0 Å². The molecule has 3 N–H and O–H groups in total. The Morgan fingerprint density at radius 1 is 1.07 bits per heavy atom. The molecule has 6 heteroatoms. The Balaban J connectivity index is 1.65. The molecular weight excluding hydrogens is 376 g/mol. The number of morpholine rings is 1. The molecule has 0 aromatic heterocycles. The first-order valence-electron chi connectivity index (χ1n) is 10.7. The van der Waals surface area contributed by atoms with Crippen molar-refractivity contribution in [1.29, 1.82) is 0 Å². The molecule has 1 heterocycles. The van der Waals surface area contributed by atoms with Gasteiger partial charge < -0.3 is 20.5 Å². The summed E-state index contributed by atoms with van der Waals surface area (Å²) in [5.74, 6) is 1.16. The standard InChI is InChI=1S/C24H34N4O2/c1-4-25-24(26-15-20-13-18(2)23(29)19(3)14-20)27-16-21-7-5-6-8-22(21)17-28-9-11-30-12-10-28/h5-8,13-14,29H,4,9-12,15-17H2,1-3H3,(H2,25,26,27). The molecule has 2 aromatic carbocycles. The molecule has 30 heavy (non-hydrogen) atoms. The van der Waals surface area contributed by atoms with E-state index < -0.39 is 0 Å². The quantitative estimate of drug-likeness (QED) is 0.483. The molecule has 0 amide bonds. The van der Waals surface area contributed by atoms with E-state index in [4.69, 9.17) is 9.73 Å². The van der Waals surface area contributed by atoms with Gasteiger partial charge in [-0.2, -0.15) is 0 Å². The summed E-state index contributed by atoms with van der Waals surface area (Å²) in [5.41, 5.74) is 5.48. The molecule has 0 radical (unpaired) electrons. The SMILES string of the molecule is CCNC(=NCc1cc(C)c(O)c(C)c1)NCc1ccccc1CN1CCOCC1. The van der Waals surface area contributed by atoms with Crippen LogP contribution in [0.3, 0.4) is 0 Å². The van der Waals surface area contributed by atoms with E-state index in [1.54, 1.807) is 0 Å². The normalized spacial score (nSPS) is 15.2. The highest BCUT2D eigenvalue weighted by atomic mass is 16.5. The third-order valence-corrected chi connectivity index (χ3v) is 5.38. The maximum absolute atomic E-state index is 9.98. The Kier molecular flexibility index (Phi) is 8.11. The number of aryl methyl sites for hydroxylation is 2. The van der Waals surface area contributed by atoms with Crippen LogP contribution in [0.25, 0.3) is 0 Å². The van der Waals surface area contributed by atoms with E-state index in [1.807, 2.05) is 26.0 Å². The second-order valence-corrected chi connectivity index (χ2v) is 7.78. The van der Waals surface area contributed by atoms with Crippen molar-refractivity contribution in [1.82, 2.24) is 15.5 Å². The first kappa shape index (κ1) is 22.1. The van der Waals surface area contributed by atoms with Crippen molar-refractivity contribution >= 4 is 5.96 Å². The fraction of sp³-hybridized carbons (Fsp3) is 0.458. The van der Waals surface area contributed by atoms with Crippen LogP contribution in [0, 0.1) is 13.8 Å². The monoisotopic (exact) mass is 410 g/mol. The van der Waals surface area contributed by atoms with Crippen LogP contribution in [-0.2, 0) is 24.4 Å². The predicted molar refractivity (Wildman–Crippen MR) is 122 cm³/mol. The van der Waals surface area contributed by atoms with Gasteiger partial charge in [-0.1, -0.05) is 36.4 Å². The van der Waals surface area contributed by atoms with Gasteiger partial charge in [-0.25, -0.2) is 4.99 Å². The van der Waals surface area contributed by atoms with E-state index in [2.05, 4.69) is 46.7 Å². The number of ether oxygens (including phenoxy) is 1. The van der Waals surface area contributed by atoms with Gasteiger partial charge in [-0.15, -0.1) is 0 Å². The molecule has 1 aliphatic rings. The molecule has 0 unspecified atom stereocenters. The smallest absolute Gasteiger partial charge is 0.191 e. The number of aliphatic imine (C=N–C) groups is 1. The molecule has 1 fully saturated rings. The molecule has 0 atom stereocenters. The number of nitrogens with one attached hydrogen (secondary N) is 2. The van der Waals surface area contributed by atoms with E-state index in [-0.39, 0.29) is 0 Å². The molecule has 1 saturated heterocycles. The van der Waals surface area contributed by atoms with Crippen LogP contribution in [0.2, 0.25) is 0 Å². The van der Waals surface area contributed by atoms with Crippen LogP contribution < -0.4 is 10.6 Å². The highest BCUT2D eigenvalue weighted by molar-refractivity contribution is 5.79. The average molecular weight is 411 g/mol. The minimum absolute atomic E-state index is 0.365. The molecule has 0 saturated carbocycles. The Morgan fingerprint density at radius 3 is 2.40 bits per heavy atom. The maximum atomic E-state index is 9.98. The van der Waals surface area contributed by atoms with E-state index in [0.29, 0.717) is 12.3 Å².